The van der Waals surface area contributed by atoms with E-state index in [0.29, 0.717) is 31.2 Å². The second-order valence-corrected chi connectivity index (χ2v) is 10.0. The van der Waals surface area contributed by atoms with Crippen molar-refractivity contribution < 1.29 is 22.7 Å². The Morgan fingerprint density at radius 2 is 1.68 bits per heavy atom. The molecule has 0 spiro atoms. The van der Waals surface area contributed by atoms with E-state index >= 15 is 0 Å². The number of ether oxygens (including phenoxy) is 1. The Hall–Kier alpha value is -3.08. The Bertz CT molecular complexity index is 988. The van der Waals surface area contributed by atoms with Gasteiger partial charge < -0.3 is 19.9 Å². The molecular weight excluding hydrogens is 485 g/mol. The molecule has 1 N–H and O–H groups in total. The number of aromatic nitrogens is 2. The summed E-state index contributed by atoms with van der Waals surface area (Å²) < 4.78 is 40.8. The number of alkyl halides is 3. The molecule has 1 aromatic carbocycles. The van der Waals surface area contributed by atoms with Crippen LogP contribution in [0.1, 0.15) is 38.7 Å². The third kappa shape index (κ3) is 7.70. The van der Waals surface area contributed by atoms with Crippen LogP contribution in [0.3, 0.4) is 0 Å². The van der Waals surface area contributed by atoms with Gasteiger partial charge in [0.1, 0.15) is 0 Å². The van der Waals surface area contributed by atoms with E-state index in [2.05, 4.69) is 49.2 Å². The van der Waals surface area contributed by atoms with Gasteiger partial charge in [0.2, 0.25) is 0 Å². The first-order valence-corrected chi connectivity index (χ1v) is 12.8. The molecule has 0 aliphatic carbocycles. The number of hydrogen-bond acceptors (Lipinski definition) is 6. The first-order valence-electron chi connectivity index (χ1n) is 12.8. The normalized spacial score (nSPS) is 21.6. The second kappa shape index (κ2) is 12.0. The van der Waals surface area contributed by atoms with E-state index in [9.17, 15) is 18.0 Å². The minimum atomic E-state index is -4.83. The zero-order valence-electron chi connectivity index (χ0n) is 21.3. The molecule has 2 fully saturated rings. The lowest BCUT2D eigenvalue weighted by molar-refractivity contribution is -0.277. The summed E-state index contributed by atoms with van der Waals surface area (Å²) in [5.74, 6) is 0.614. The minimum absolute atomic E-state index is 0.0775. The van der Waals surface area contributed by atoms with Crippen LogP contribution in [0.2, 0.25) is 0 Å². The van der Waals surface area contributed by atoms with Crippen LogP contribution in [0.25, 0.3) is 0 Å². The zero-order chi connectivity index (χ0) is 26.4. The van der Waals surface area contributed by atoms with Gasteiger partial charge in [-0.3, -0.25) is 4.90 Å². The first kappa shape index (κ1) is 27.0. The largest absolute Gasteiger partial charge is 0.575 e. The highest BCUT2D eigenvalue weighted by Crippen LogP contribution is 2.25. The molecule has 0 bridgehead atoms. The highest BCUT2D eigenvalue weighted by molar-refractivity contribution is 5.75. The fourth-order valence-electron chi connectivity index (χ4n) is 5.31. The molecule has 1 aromatic heterocycles. The molecule has 2 atom stereocenters. The maximum absolute atomic E-state index is 13.0. The van der Waals surface area contributed by atoms with Crippen LogP contribution >= 0.6 is 0 Å². The van der Waals surface area contributed by atoms with Gasteiger partial charge in [0.25, 0.3) is 0 Å². The lowest BCUT2D eigenvalue weighted by Crippen LogP contribution is -2.61. The zero-order valence-corrected chi connectivity index (χ0v) is 21.3. The van der Waals surface area contributed by atoms with E-state index in [4.69, 9.17) is 0 Å². The molecule has 8 nitrogen and oxygen atoms in total. The smallest absolute Gasteiger partial charge is 0.371 e. The van der Waals surface area contributed by atoms with Crippen LogP contribution in [0.15, 0.2) is 42.7 Å². The van der Waals surface area contributed by atoms with E-state index in [1.807, 2.05) is 29.7 Å². The molecular formula is C26H35F3N6O2. The molecule has 0 saturated carbocycles. The van der Waals surface area contributed by atoms with Crippen molar-refractivity contribution in [3.05, 3.63) is 48.3 Å². The van der Waals surface area contributed by atoms with E-state index in [1.165, 1.54) is 18.0 Å². The number of amides is 2. The fourth-order valence-corrected chi connectivity index (χ4v) is 5.31. The molecule has 2 amide bonds. The number of halogens is 3. The predicted octanol–water partition coefficient (Wildman–Crippen LogP) is 4.29. The standard InChI is InChI=1S/C26H35F3N6O2/c1-19-16-34(23-14-31-24(32-15-23)37-26(27,28)29)17-20(2)35(19)25(36)30-11-8-21-9-12-33(13-10-21)18-22-6-4-3-5-7-22/h3-7,14-15,19-21H,8-13,16-18H2,1-2H3,(H,30,36)/t19-,20-/m1/s1. The summed E-state index contributed by atoms with van der Waals surface area (Å²) in [7, 11) is 0. The topological polar surface area (TPSA) is 73.8 Å². The average Bonchev–Trinajstić information content (AvgIpc) is 2.85. The van der Waals surface area contributed by atoms with Gasteiger partial charge >= 0.3 is 18.4 Å². The molecule has 37 heavy (non-hydrogen) atoms. The number of urea groups is 1. The molecule has 202 valence electrons. The van der Waals surface area contributed by atoms with Gasteiger partial charge in [-0.25, -0.2) is 14.8 Å². The molecule has 11 heteroatoms. The fraction of sp³-hybridized carbons (Fsp3) is 0.577. The Morgan fingerprint density at radius 3 is 2.27 bits per heavy atom. The number of nitrogens with zero attached hydrogens (tertiary/aromatic N) is 5. The Balaban J connectivity index is 1.19. The molecule has 2 aliphatic rings. The third-order valence-electron chi connectivity index (χ3n) is 7.13. The number of benzene rings is 1. The van der Waals surface area contributed by atoms with Crippen LogP contribution in [-0.2, 0) is 6.54 Å². The number of carbonyl (C=O) groups excluding carboxylic acids is 1. The maximum Gasteiger partial charge on any atom is 0.575 e. The van der Waals surface area contributed by atoms with Crippen LogP contribution < -0.4 is 15.0 Å². The van der Waals surface area contributed by atoms with Gasteiger partial charge in [-0.15, -0.1) is 13.2 Å². The van der Waals surface area contributed by atoms with E-state index in [0.717, 1.165) is 38.9 Å². The lowest BCUT2D eigenvalue weighted by atomic mass is 9.93. The number of hydrogen-bond donors (Lipinski definition) is 1. The molecule has 0 unspecified atom stereocenters. The predicted molar refractivity (Wildman–Crippen MR) is 134 cm³/mol. The summed E-state index contributed by atoms with van der Waals surface area (Å²) in [5.41, 5.74) is 1.93. The van der Waals surface area contributed by atoms with Crippen molar-refractivity contribution in [3.8, 4) is 6.01 Å². The summed E-state index contributed by atoms with van der Waals surface area (Å²) in [6.45, 7) is 8.79. The van der Waals surface area contributed by atoms with E-state index < -0.39 is 12.4 Å². The molecule has 2 aliphatic heterocycles. The van der Waals surface area contributed by atoms with Gasteiger partial charge in [0.15, 0.2) is 0 Å². The van der Waals surface area contributed by atoms with Crippen LogP contribution in [0, 0.1) is 5.92 Å². The molecule has 2 aromatic rings. The van der Waals surface area contributed by atoms with E-state index in [1.54, 1.807) is 0 Å². The highest BCUT2D eigenvalue weighted by Gasteiger charge is 2.34. The summed E-state index contributed by atoms with van der Waals surface area (Å²) >= 11 is 0. The van der Waals surface area contributed by atoms with Crippen molar-refractivity contribution in [2.45, 2.75) is 58.1 Å². The first-order chi connectivity index (χ1) is 17.7. The van der Waals surface area contributed by atoms with Crippen molar-refractivity contribution in [1.82, 2.24) is 25.1 Å². The van der Waals surface area contributed by atoms with Crippen LogP contribution in [0.5, 0.6) is 6.01 Å². The second-order valence-electron chi connectivity index (χ2n) is 10.0. The van der Waals surface area contributed by atoms with Gasteiger partial charge in [-0.05, 0) is 57.7 Å². The van der Waals surface area contributed by atoms with Gasteiger partial charge in [0, 0.05) is 38.3 Å². The number of carbonyl (C=O) groups is 1. The number of anilines is 1. The number of nitrogens with one attached hydrogen (secondary N) is 1. The van der Waals surface area contributed by atoms with Crippen LogP contribution in [-0.4, -0.2) is 77.0 Å². The average molecular weight is 521 g/mol. The van der Waals surface area contributed by atoms with Crippen molar-refractivity contribution in [3.63, 3.8) is 0 Å². The SMILES string of the molecule is C[C@@H]1CN(c2cnc(OC(F)(F)F)nc2)C[C@@H](C)N1C(=O)NCCC1CCN(Cc2ccccc2)CC1. The van der Waals surface area contributed by atoms with Crippen molar-refractivity contribution in [1.29, 1.82) is 0 Å². The van der Waals surface area contributed by atoms with Crippen molar-refractivity contribution in [2.24, 2.45) is 5.92 Å². The summed E-state index contributed by atoms with van der Waals surface area (Å²) in [4.78, 5) is 26.6. The minimum Gasteiger partial charge on any atom is -0.371 e. The number of piperidine rings is 1. The number of likely N-dealkylation sites (tertiary alicyclic amines) is 1. The maximum atomic E-state index is 13.0. The molecule has 4 rings (SSSR count). The monoisotopic (exact) mass is 520 g/mol. The quantitative estimate of drug-likeness (QED) is 0.588. The van der Waals surface area contributed by atoms with E-state index in [-0.39, 0.29) is 18.1 Å². The van der Waals surface area contributed by atoms with Crippen LogP contribution in [0.4, 0.5) is 23.7 Å². The molecule has 0 radical (unpaired) electrons. The van der Waals surface area contributed by atoms with Crippen molar-refractivity contribution >= 4 is 11.7 Å². The Kier molecular flexibility index (Phi) is 8.73. The number of rotatable bonds is 7. The number of piperazine rings is 1. The Morgan fingerprint density at radius 1 is 1.05 bits per heavy atom. The molecule has 3 heterocycles. The van der Waals surface area contributed by atoms with Gasteiger partial charge in [-0.2, -0.15) is 0 Å². The highest BCUT2D eigenvalue weighted by atomic mass is 19.4. The Labute approximate surface area is 215 Å². The summed E-state index contributed by atoms with van der Waals surface area (Å²) in [6.07, 6.45) is 1.05. The van der Waals surface area contributed by atoms with Crippen molar-refractivity contribution in [2.75, 3.05) is 37.6 Å². The lowest BCUT2D eigenvalue weighted by Gasteiger charge is -2.45. The molecule has 2 saturated heterocycles. The van der Waals surface area contributed by atoms with Gasteiger partial charge in [-0.1, -0.05) is 30.3 Å². The third-order valence-corrected chi connectivity index (χ3v) is 7.13. The summed E-state index contributed by atoms with van der Waals surface area (Å²) in [5, 5.41) is 3.10. The van der Waals surface area contributed by atoms with Gasteiger partial charge in [0.05, 0.1) is 18.1 Å². The summed E-state index contributed by atoms with van der Waals surface area (Å²) in [6, 6.07) is 9.54.